The number of fused-ring (bicyclic) bond motifs is 4. The van der Waals surface area contributed by atoms with E-state index in [0.717, 1.165) is 62.9 Å². The lowest BCUT2D eigenvalue weighted by Gasteiger charge is -2.33. The summed E-state index contributed by atoms with van der Waals surface area (Å²) in [4.78, 5) is 9.14. The van der Waals surface area contributed by atoms with Gasteiger partial charge in [-0.25, -0.2) is 9.67 Å². The lowest BCUT2D eigenvalue weighted by Crippen LogP contribution is -2.57. The van der Waals surface area contributed by atoms with Crippen molar-refractivity contribution in [3.05, 3.63) is 133 Å². The van der Waals surface area contributed by atoms with Crippen LogP contribution in [0.2, 0.25) is 0 Å². The Labute approximate surface area is 287 Å². The molecule has 5 heterocycles. The van der Waals surface area contributed by atoms with Crippen LogP contribution in [0.4, 0.5) is 11.4 Å². The number of benzene rings is 4. The summed E-state index contributed by atoms with van der Waals surface area (Å²) >= 11 is 0. The van der Waals surface area contributed by atoms with E-state index in [1.807, 2.05) is 29.1 Å². The third-order valence-electron chi connectivity index (χ3n) is 9.90. The van der Waals surface area contributed by atoms with E-state index in [9.17, 15) is 0 Å². The van der Waals surface area contributed by atoms with Crippen LogP contribution in [0.25, 0.3) is 16.8 Å². The van der Waals surface area contributed by atoms with Crippen LogP contribution in [0.5, 0.6) is 23.1 Å². The van der Waals surface area contributed by atoms with E-state index in [4.69, 9.17) is 14.6 Å². The van der Waals surface area contributed by atoms with Crippen molar-refractivity contribution in [2.45, 2.75) is 39.5 Å². The van der Waals surface area contributed by atoms with Gasteiger partial charge >= 0.3 is 0 Å². The van der Waals surface area contributed by atoms with Crippen LogP contribution in [-0.2, 0) is 0 Å². The highest BCUT2D eigenvalue weighted by Crippen LogP contribution is 2.38. The Balaban J connectivity index is 1.12. The number of ether oxygens (including phenoxy) is 2. The monoisotopic (exact) mass is 641 g/mol. The molecule has 0 amide bonds. The summed E-state index contributed by atoms with van der Waals surface area (Å²) in [6.07, 6.45) is 10.2. The normalized spacial score (nSPS) is 14.1. The first-order valence-corrected chi connectivity index (χ1v) is 17.0. The third kappa shape index (κ3) is 4.89. The smallest absolute Gasteiger partial charge is 0.263 e. The van der Waals surface area contributed by atoms with Crippen LogP contribution in [-0.4, -0.2) is 28.1 Å². The fourth-order valence-electron chi connectivity index (χ4n) is 7.46. The molecule has 0 bridgehead atoms. The SMILES string of the molecule is CC(C)c1cccc(C(C)C)c1-c1cnn(-c2ccc3c(c2)B2c4cc(N5C=CN(c6ccccc6)C5)ccc4Oc4ccnc(c42)O3)c1. The molecule has 0 atom stereocenters. The molecular formula is C41H36BN5O2. The summed E-state index contributed by atoms with van der Waals surface area (Å²) in [5.41, 5.74) is 11.4. The molecule has 0 spiro atoms. The van der Waals surface area contributed by atoms with Gasteiger partial charge in [-0.2, -0.15) is 5.10 Å². The molecule has 0 fully saturated rings. The summed E-state index contributed by atoms with van der Waals surface area (Å²) in [5, 5.41) is 4.90. The second kappa shape index (κ2) is 11.4. The molecule has 0 saturated carbocycles. The molecular weight excluding hydrogens is 605 g/mol. The van der Waals surface area contributed by atoms with Gasteiger partial charge in [0.15, 0.2) is 0 Å². The number of anilines is 2. The molecule has 3 aliphatic rings. The van der Waals surface area contributed by atoms with Gasteiger partial charge in [-0.15, -0.1) is 0 Å². The highest BCUT2D eigenvalue weighted by atomic mass is 16.5. The highest BCUT2D eigenvalue weighted by molar-refractivity contribution is 6.98. The van der Waals surface area contributed by atoms with Crippen LogP contribution in [0.3, 0.4) is 0 Å². The van der Waals surface area contributed by atoms with Crippen molar-refractivity contribution < 1.29 is 9.47 Å². The fraction of sp³-hybridized carbons (Fsp3) is 0.171. The number of hydrogen-bond acceptors (Lipinski definition) is 6. The quantitative estimate of drug-likeness (QED) is 0.174. The number of rotatable bonds is 6. The summed E-state index contributed by atoms with van der Waals surface area (Å²) in [6.45, 7) is 9.64. The molecule has 4 aromatic carbocycles. The number of para-hydroxylation sites is 1. The standard InChI is InChI=1S/C41H36BN5O2/c1-26(2)32-11-8-12-33(27(3)4)39(32)28-23-44-47(24-28)31-14-16-37-35(22-31)42-34-21-30(46-20-19-45(25-46)29-9-6-5-7-10-29)13-15-36(34)48-38-17-18-43-41(49-37)40(38)42/h5-24,26-27H,25H2,1-4H3. The van der Waals surface area contributed by atoms with Gasteiger partial charge in [0.25, 0.3) is 6.71 Å². The Morgan fingerprint density at radius 3 is 2.08 bits per heavy atom. The summed E-state index contributed by atoms with van der Waals surface area (Å²) in [6, 6.07) is 31.9. The second-order valence-electron chi connectivity index (χ2n) is 13.6. The van der Waals surface area contributed by atoms with Crippen LogP contribution < -0.4 is 35.7 Å². The van der Waals surface area contributed by atoms with Crippen LogP contribution in [0, 0.1) is 0 Å². The predicted molar refractivity (Wildman–Crippen MR) is 198 cm³/mol. The topological polar surface area (TPSA) is 55.7 Å². The molecule has 240 valence electrons. The maximum atomic E-state index is 6.49. The number of pyridine rings is 1. The molecule has 0 N–H and O–H groups in total. The molecule has 6 aromatic rings. The van der Waals surface area contributed by atoms with Crippen molar-refractivity contribution in [3.8, 4) is 39.9 Å². The van der Waals surface area contributed by atoms with Crippen molar-refractivity contribution in [2.75, 3.05) is 16.5 Å². The molecule has 7 nitrogen and oxygen atoms in total. The minimum absolute atomic E-state index is 0.118. The van der Waals surface area contributed by atoms with E-state index in [1.54, 1.807) is 6.20 Å². The molecule has 0 radical (unpaired) electrons. The number of nitrogens with zero attached hydrogens (tertiary/aromatic N) is 5. The Morgan fingerprint density at radius 1 is 0.673 bits per heavy atom. The Hall–Kier alpha value is -5.76. The lowest BCUT2D eigenvalue weighted by atomic mass is 9.35. The second-order valence-corrected chi connectivity index (χ2v) is 13.6. The molecule has 9 rings (SSSR count). The highest BCUT2D eigenvalue weighted by Gasteiger charge is 2.41. The van der Waals surface area contributed by atoms with E-state index in [-0.39, 0.29) is 6.71 Å². The molecule has 3 aliphatic heterocycles. The van der Waals surface area contributed by atoms with Crippen molar-refractivity contribution in [1.29, 1.82) is 0 Å². The van der Waals surface area contributed by atoms with Crippen molar-refractivity contribution in [2.24, 2.45) is 0 Å². The molecule has 0 unspecified atom stereocenters. The van der Waals surface area contributed by atoms with E-state index in [0.29, 0.717) is 17.7 Å². The van der Waals surface area contributed by atoms with Gasteiger partial charge in [0.05, 0.1) is 18.6 Å². The van der Waals surface area contributed by atoms with Gasteiger partial charge < -0.3 is 19.3 Å². The van der Waals surface area contributed by atoms with E-state index in [2.05, 4.69) is 134 Å². The summed E-state index contributed by atoms with van der Waals surface area (Å²) in [5.74, 6) is 3.79. The van der Waals surface area contributed by atoms with E-state index >= 15 is 0 Å². The molecule has 0 aliphatic carbocycles. The van der Waals surface area contributed by atoms with Gasteiger partial charge in [0.2, 0.25) is 5.88 Å². The first-order chi connectivity index (χ1) is 23.9. The van der Waals surface area contributed by atoms with Crippen molar-refractivity contribution in [3.63, 3.8) is 0 Å². The van der Waals surface area contributed by atoms with Gasteiger partial charge in [0.1, 0.15) is 17.2 Å². The average Bonchev–Trinajstić information content (AvgIpc) is 3.83. The zero-order valence-electron chi connectivity index (χ0n) is 28.0. The molecule has 49 heavy (non-hydrogen) atoms. The van der Waals surface area contributed by atoms with Gasteiger partial charge in [-0.1, -0.05) is 64.1 Å². The first-order valence-electron chi connectivity index (χ1n) is 17.0. The van der Waals surface area contributed by atoms with Gasteiger partial charge in [0, 0.05) is 47.2 Å². The number of aromatic nitrogens is 3. The summed E-state index contributed by atoms with van der Waals surface area (Å²) in [7, 11) is 0. The van der Waals surface area contributed by atoms with Crippen molar-refractivity contribution >= 4 is 34.5 Å². The zero-order valence-corrected chi connectivity index (χ0v) is 28.0. The Morgan fingerprint density at radius 2 is 1.35 bits per heavy atom. The summed E-state index contributed by atoms with van der Waals surface area (Å²) < 4.78 is 14.9. The van der Waals surface area contributed by atoms with E-state index < -0.39 is 0 Å². The Bertz CT molecular complexity index is 2220. The minimum atomic E-state index is -0.118. The van der Waals surface area contributed by atoms with E-state index in [1.165, 1.54) is 16.7 Å². The third-order valence-corrected chi connectivity index (χ3v) is 9.90. The lowest BCUT2D eigenvalue weighted by molar-refractivity contribution is 0.450. The average molecular weight is 642 g/mol. The molecule has 8 heteroatoms. The number of hydrogen-bond donors (Lipinski definition) is 0. The van der Waals surface area contributed by atoms with Crippen LogP contribution in [0.1, 0.15) is 50.7 Å². The predicted octanol–water partition coefficient (Wildman–Crippen LogP) is 7.66. The minimum Gasteiger partial charge on any atom is -0.458 e. The maximum Gasteiger partial charge on any atom is 0.263 e. The first kappa shape index (κ1) is 29.4. The Kier molecular flexibility index (Phi) is 6.86. The largest absolute Gasteiger partial charge is 0.458 e. The fourth-order valence-corrected chi connectivity index (χ4v) is 7.46. The zero-order chi connectivity index (χ0) is 33.2. The maximum absolute atomic E-state index is 6.49. The van der Waals surface area contributed by atoms with Gasteiger partial charge in [-0.05, 0) is 94.0 Å². The molecule has 2 aromatic heterocycles. The van der Waals surface area contributed by atoms with Crippen LogP contribution >= 0.6 is 0 Å². The van der Waals surface area contributed by atoms with Crippen LogP contribution in [0.15, 0.2) is 122 Å². The molecule has 0 saturated heterocycles. The van der Waals surface area contributed by atoms with Crippen molar-refractivity contribution in [1.82, 2.24) is 14.8 Å². The van der Waals surface area contributed by atoms with Gasteiger partial charge in [-0.3, -0.25) is 0 Å².